The van der Waals surface area contributed by atoms with E-state index in [2.05, 4.69) is 10.3 Å². The number of hydrogen-bond acceptors (Lipinski definition) is 5. The van der Waals surface area contributed by atoms with Crippen LogP contribution < -0.4 is 5.32 Å². The van der Waals surface area contributed by atoms with E-state index in [0.29, 0.717) is 29.1 Å². The predicted octanol–water partition coefficient (Wildman–Crippen LogP) is 3.63. The van der Waals surface area contributed by atoms with Crippen molar-refractivity contribution in [1.29, 1.82) is 0 Å². The minimum atomic E-state index is -1.55. The van der Waals surface area contributed by atoms with Gasteiger partial charge in [0, 0.05) is 28.5 Å². The molecule has 0 saturated carbocycles. The normalized spacial score (nSPS) is 24.4. The summed E-state index contributed by atoms with van der Waals surface area (Å²) < 4.78 is 5.10. The Bertz CT molecular complexity index is 1040. The first-order valence-electron chi connectivity index (χ1n) is 10.2. The van der Waals surface area contributed by atoms with Crippen molar-refractivity contribution in [2.45, 2.75) is 38.3 Å². The lowest BCUT2D eigenvalue weighted by Crippen LogP contribution is -2.56. The zero-order valence-electron chi connectivity index (χ0n) is 17.6. The van der Waals surface area contributed by atoms with E-state index in [9.17, 15) is 14.4 Å². The monoisotopic (exact) mass is 441 g/mol. The van der Waals surface area contributed by atoms with Crippen molar-refractivity contribution < 1.29 is 19.1 Å². The van der Waals surface area contributed by atoms with Crippen LogP contribution >= 0.6 is 11.6 Å². The van der Waals surface area contributed by atoms with Gasteiger partial charge in [0.2, 0.25) is 0 Å². The van der Waals surface area contributed by atoms with Crippen LogP contribution in [0.25, 0.3) is 0 Å². The number of fused-ring (bicyclic) bond motifs is 2. The summed E-state index contributed by atoms with van der Waals surface area (Å²) in [5.74, 6) is -2.00. The lowest BCUT2D eigenvalue weighted by molar-refractivity contribution is -0.151. The van der Waals surface area contributed by atoms with E-state index in [0.717, 1.165) is 0 Å². The molecule has 2 aromatic rings. The van der Waals surface area contributed by atoms with Crippen molar-refractivity contribution in [3.63, 3.8) is 0 Å². The third-order valence-corrected chi connectivity index (χ3v) is 6.31. The minimum Gasteiger partial charge on any atom is -0.469 e. The van der Waals surface area contributed by atoms with Gasteiger partial charge >= 0.3 is 5.97 Å². The number of hydrogen-bond donors (Lipinski definition) is 1. The number of anilines is 1. The fraction of sp³-hybridized carbons (Fsp3) is 0.391. The second kappa shape index (κ2) is 7.96. The van der Waals surface area contributed by atoms with Gasteiger partial charge < -0.3 is 15.0 Å². The number of amides is 2. The first kappa shape index (κ1) is 21.3. The molecule has 31 heavy (non-hydrogen) atoms. The Kier molecular flexibility index (Phi) is 5.47. The molecule has 0 unspecified atom stereocenters. The molecule has 7 nitrogen and oxygen atoms in total. The maximum absolute atomic E-state index is 13.8. The molecule has 0 aliphatic carbocycles. The average Bonchev–Trinajstić information content (AvgIpc) is 3.23. The van der Waals surface area contributed by atoms with Crippen LogP contribution in [0.5, 0.6) is 0 Å². The Morgan fingerprint density at radius 3 is 2.74 bits per heavy atom. The molecule has 2 aliphatic heterocycles. The Labute approximate surface area is 185 Å². The van der Waals surface area contributed by atoms with Gasteiger partial charge in [0.05, 0.1) is 13.0 Å². The zero-order valence-corrected chi connectivity index (χ0v) is 18.3. The van der Waals surface area contributed by atoms with Crippen molar-refractivity contribution in [3.05, 3.63) is 58.9 Å². The highest BCUT2D eigenvalue weighted by atomic mass is 35.5. The molecule has 8 heteroatoms. The molecule has 2 amide bonds. The van der Waals surface area contributed by atoms with Crippen molar-refractivity contribution in [3.8, 4) is 0 Å². The van der Waals surface area contributed by atoms with E-state index in [-0.39, 0.29) is 17.7 Å². The van der Waals surface area contributed by atoms with Gasteiger partial charge in [-0.3, -0.25) is 19.4 Å². The molecular weight excluding hydrogens is 418 g/mol. The molecule has 2 aliphatic rings. The highest BCUT2D eigenvalue weighted by Crippen LogP contribution is 2.55. The highest BCUT2D eigenvalue weighted by molar-refractivity contribution is 6.31. The minimum absolute atomic E-state index is 0.212. The first-order valence-corrected chi connectivity index (χ1v) is 10.6. The van der Waals surface area contributed by atoms with Crippen molar-refractivity contribution in [2.75, 3.05) is 12.4 Å². The number of esters is 1. The Hall–Kier alpha value is -2.93. The number of pyridine rings is 1. The SMILES string of the molecule is COC(=O)[C@@H]1C[C@H](CC(C)C)N(C(=O)c2ccccn2)[C@@]12C(=O)Nc1ccc(Cl)cc12. The second-order valence-corrected chi connectivity index (χ2v) is 8.83. The third-order valence-electron chi connectivity index (χ3n) is 6.08. The summed E-state index contributed by atoms with van der Waals surface area (Å²) in [7, 11) is 1.29. The lowest BCUT2D eigenvalue weighted by atomic mass is 9.79. The molecule has 0 bridgehead atoms. The molecule has 1 aromatic heterocycles. The Balaban J connectivity index is 1.97. The van der Waals surface area contributed by atoms with Crippen molar-refractivity contribution >= 4 is 35.1 Å². The number of nitrogens with one attached hydrogen (secondary N) is 1. The molecule has 1 aromatic carbocycles. The number of carbonyl (C=O) groups is 3. The highest BCUT2D eigenvalue weighted by Gasteiger charge is 2.66. The zero-order chi connectivity index (χ0) is 22.3. The average molecular weight is 442 g/mol. The van der Waals surface area contributed by atoms with E-state index in [1.165, 1.54) is 13.3 Å². The second-order valence-electron chi connectivity index (χ2n) is 8.40. The van der Waals surface area contributed by atoms with Gasteiger partial charge in [0.15, 0.2) is 5.54 Å². The molecule has 1 spiro atoms. The number of rotatable bonds is 4. The molecule has 1 fully saturated rings. The number of likely N-dealkylation sites (tertiary alicyclic amines) is 1. The van der Waals surface area contributed by atoms with Crippen LogP contribution in [0.1, 0.15) is 42.7 Å². The summed E-state index contributed by atoms with van der Waals surface area (Å²) in [6, 6.07) is 9.71. The smallest absolute Gasteiger partial charge is 0.312 e. The van der Waals surface area contributed by atoms with Crippen LogP contribution in [0.15, 0.2) is 42.6 Å². The molecule has 3 atom stereocenters. The number of aromatic nitrogens is 1. The van der Waals surface area contributed by atoms with Crippen LogP contribution in [-0.2, 0) is 19.9 Å². The van der Waals surface area contributed by atoms with Gasteiger partial charge in [0.1, 0.15) is 5.69 Å². The van der Waals surface area contributed by atoms with Gasteiger partial charge in [-0.1, -0.05) is 31.5 Å². The largest absolute Gasteiger partial charge is 0.469 e. The Morgan fingerprint density at radius 2 is 2.10 bits per heavy atom. The summed E-state index contributed by atoms with van der Waals surface area (Å²) in [5.41, 5.74) is -0.297. The van der Waals surface area contributed by atoms with Crippen LogP contribution in [0, 0.1) is 11.8 Å². The molecule has 1 N–H and O–H groups in total. The molecule has 3 heterocycles. The van der Waals surface area contributed by atoms with Crippen LogP contribution in [0.4, 0.5) is 5.69 Å². The molecule has 1 saturated heterocycles. The number of halogens is 1. The summed E-state index contributed by atoms with van der Waals surface area (Å²) in [6.45, 7) is 4.09. The molecule has 4 rings (SSSR count). The maximum atomic E-state index is 13.8. The molecular formula is C23H24ClN3O4. The third kappa shape index (κ3) is 3.28. The van der Waals surface area contributed by atoms with Crippen LogP contribution in [0.3, 0.4) is 0 Å². The summed E-state index contributed by atoms with van der Waals surface area (Å²) in [6.07, 6.45) is 2.46. The standard InChI is InChI=1S/C23H24ClN3O4/c1-13(2)10-15-12-17(21(29)31-3)23(27(15)20(28)19-6-4-5-9-25-19)16-11-14(24)7-8-18(16)26-22(23)30/h4-9,11,13,15,17H,10,12H2,1-3H3,(H,26,30)/t15-,17-,23+/m0/s1. The van der Waals surface area contributed by atoms with E-state index >= 15 is 0 Å². The summed E-state index contributed by atoms with van der Waals surface area (Å²) >= 11 is 6.29. The van der Waals surface area contributed by atoms with Crippen LogP contribution in [0.2, 0.25) is 5.02 Å². The number of ether oxygens (including phenoxy) is 1. The van der Waals surface area contributed by atoms with Gasteiger partial charge in [-0.15, -0.1) is 0 Å². The van der Waals surface area contributed by atoms with E-state index in [1.54, 1.807) is 41.3 Å². The van der Waals surface area contributed by atoms with Gasteiger partial charge in [-0.25, -0.2) is 0 Å². The first-order chi connectivity index (χ1) is 14.8. The Morgan fingerprint density at radius 1 is 1.32 bits per heavy atom. The predicted molar refractivity (Wildman–Crippen MR) is 116 cm³/mol. The lowest BCUT2D eigenvalue weighted by Gasteiger charge is -2.39. The number of carbonyl (C=O) groups excluding carboxylic acids is 3. The number of methoxy groups -OCH3 is 1. The molecule has 0 radical (unpaired) electrons. The fourth-order valence-electron chi connectivity index (χ4n) is 4.96. The summed E-state index contributed by atoms with van der Waals surface area (Å²) in [5, 5.41) is 3.27. The van der Waals surface area contributed by atoms with Crippen molar-refractivity contribution in [2.24, 2.45) is 11.8 Å². The maximum Gasteiger partial charge on any atom is 0.312 e. The quantitative estimate of drug-likeness (QED) is 0.732. The molecule has 162 valence electrons. The van der Waals surface area contributed by atoms with Gasteiger partial charge in [-0.05, 0) is 49.1 Å². The number of nitrogens with zero attached hydrogens (tertiary/aromatic N) is 2. The van der Waals surface area contributed by atoms with E-state index < -0.39 is 29.2 Å². The topological polar surface area (TPSA) is 88.6 Å². The van der Waals surface area contributed by atoms with E-state index in [4.69, 9.17) is 16.3 Å². The number of benzene rings is 1. The van der Waals surface area contributed by atoms with Gasteiger partial charge in [-0.2, -0.15) is 0 Å². The fourth-order valence-corrected chi connectivity index (χ4v) is 5.14. The van der Waals surface area contributed by atoms with Crippen LogP contribution in [-0.4, -0.2) is 40.8 Å². The van der Waals surface area contributed by atoms with Gasteiger partial charge in [0.25, 0.3) is 11.8 Å². The van der Waals surface area contributed by atoms with E-state index in [1.807, 2.05) is 13.8 Å². The van der Waals surface area contributed by atoms with Crippen molar-refractivity contribution in [1.82, 2.24) is 9.88 Å². The summed E-state index contributed by atoms with van der Waals surface area (Å²) in [4.78, 5) is 46.1.